The van der Waals surface area contributed by atoms with Crippen molar-refractivity contribution in [3.8, 4) is 11.5 Å². The van der Waals surface area contributed by atoms with E-state index in [1.54, 1.807) is 11.0 Å². The topological polar surface area (TPSA) is 55.6 Å². The van der Waals surface area contributed by atoms with Crippen LogP contribution in [0.2, 0.25) is 0 Å². The predicted molar refractivity (Wildman–Crippen MR) is 68.2 cm³/mol. The van der Waals surface area contributed by atoms with Crippen molar-refractivity contribution in [2.75, 3.05) is 10.6 Å². The van der Waals surface area contributed by atoms with E-state index in [0.29, 0.717) is 23.6 Å². The summed E-state index contributed by atoms with van der Waals surface area (Å²) in [4.78, 5) is 13.9. The van der Waals surface area contributed by atoms with Gasteiger partial charge in [-0.3, -0.25) is 9.69 Å². The third-order valence-corrected chi connectivity index (χ3v) is 3.32. The molecule has 2 aliphatic heterocycles. The number of hydrogen-bond acceptors (Lipinski definition) is 3. The lowest BCUT2D eigenvalue weighted by atomic mass is 10.1. The van der Waals surface area contributed by atoms with E-state index in [1.807, 2.05) is 30.3 Å². The van der Waals surface area contributed by atoms with Crippen LogP contribution in [-0.2, 0) is 11.2 Å². The molecule has 0 radical (unpaired) electrons. The van der Waals surface area contributed by atoms with Gasteiger partial charge in [-0.25, -0.2) is 0 Å². The zero-order valence-electron chi connectivity index (χ0n) is 9.51. The van der Waals surface area contributed by atoms with Gasteiger partial charge in [0, 0.05) is 11.8 Å². The molecular weight excluding hydrogens is 228 g/mol. The van der Waals surface area contributed by atoms with Gasteiger partial charge in [-0.15, -0.1) is 0 Å². The molecule has 0 fully saturated rings. The lowest BCUT2D eigenvalue weighted by Crippen LogP contribution is -2.23. The molecule has 2 heterocycles. The van der Waals surface area contributed by atoms with Crippen LogP contribution in [0.25, 0.3) is 0 Å². The molecule has 0 unspecified atom stereocenters. The number of fused-ring (bicyclic) bond motifs is 2. The normalized spacial score (nSPS) is 15.1. The van der Waals surface area contributed by atoms with Gasteiger partial charge in [0.25, 0.3) is 0 Å². The number of nitrogens with zero attached hydrogens (tertiary/aromatic N) is 1. The molecule has 0 saturated heterocycles. The number of nitrogens with two attached hydrogens (primary N) is 1. The Balaban J connectivity index is 2.04. The Bertz CT molecular complexity index is 694. The summed E-state index contributed by atoms with van der Waals surface area (Å²) in [5, 5.41) is 0. The fourth-order valence-electron chi connectivity index (χ4n) is 2.62. The number of amides is 1. The van der Waals surface area contributed by atoms with Crippen LogP contribution in [0.5, 0.6) is 11.5 Å². The van der Waals surface area contributed by atoms with Crippen molar-refractivity contribution in [2.24, 2.45) is 0 Å². The van der Waals surface area contributed by atoms with Crippen LogP contribution in [0.15, 0.2) is 36.4 Å². The summed E-state index contributed by atoms with van der Waals surface area (Å²) in [5.74, 6) is 1.42. The largest absolute Gasteiger partial charge is 0.453 e. The molecule has 2 aromatic carbocycles. The van der Waals surface area contributed by atoms with Gasteiger partial charge in [0.2, 0.25) is 5.91 Å². The first-order valence-electron chi connectivity index (χ1n) is 5.76. The van der Waals surface area contributed by atoms with E-state index in [-0.39, 0.29) is 5.91 Å². The van der Waals surface area contributed by atoms with Crippen molar-refractivity contribution in [3.63, 3.8) is 0 Å². The number of carbonyl (C=O) groups is 1. The Morgan fingerprint density at radius 2 is 2.00 bits per heavy atom. The number of carbonyl (C=O) groups excluding carboxylic acids is 1. The number of rotatable bonds is 0. The summed E-state index contributed by atoms with van der Waals surface area (Å²) in [6.45, 7) is 0. The van der Waals surface area contributed by atoms with E-state index in [2.05, 4.69) is 0 Å². The van der Waals surface area contributed by atoms with Gasteiger partial charge in [-0.2, -0.15) is 0 Å². The van der Waals surface area contributed by atoms with E-state index < -0.39 is 0 Å². The van der Waals surface area contributed by atoms with Crippen LogP contribution in [-0.4, -0.2) is 5.91 Å². The minimum Gasteiger partial charge on any atom is -0.453 e. The summed E-state index contributed by atoms with van der Waals surface area (Å²) < 4.78 is 5.82. The lowest BCUT2D eigenvalue weighted by molar-refractivity contribution is -0.116. The number of anilines is 3. The number of ether oxygens (including phenoxy) is 1. The Morgan fingerprint density at radius 1 is 1.17 bits per heavy atom. The van der Waals surface area contributed by atoms with E-state index in [1.165, 1.54) is 0 Å². The molecule has 1 amide bonds. The smallest absolute Gasteiger partial charge is 0.236 e. The molecule has 0 atom stereocenters. The zero-order chi connectivity index (χ0) is 12.3. The second-order valence-corrected chi connectivity index (χ2v) is 4.50. The van der Waals surface area contributed by atoms with Gasteiger partial charge in [0.1, 0.15) is 0 Å². The van der Waals surface area contributed by atoms with E-state index >= 15 is 0 Å². The zero-order valence-corrected chi connectivity index (χ0v) is 9.51. The maximum atomic E-state index is 12.2. The number of benzene rings is 2. The minimum atomic E-state index is 0.0626. The van der Waals surface area contributed by atoms with Crippen LogP contribution in [0.4, 0.5) is 17.1 Å². The summed E-state index contributed by atoms with van der Waals surface area (Å²) in [6, 6.07) is 11.1. The first-order chi connectivity index (χ1) is 8.74. The van der Waals surface area contributed by atoms with Crippen molar-refractivity contribution in [3.05, 3.63) is 42.0 Å². The number of para-hydroxylation sites is 2. The first kappa shape index (κ1) is 9.53. The summed E-state index contributed by atoms with van der Waals surface area (Å²) >= 11 is 0. The molecule has 2 aromatic rings. The molecule has 2 aliphatic rings. The molecule has 4 nitrogen and oxygen atoms in total. The molecule has 0 aromatic heterocycles. The van der Waals surface area contributed by atoms with Crippen molar-refractivity contribution < 1.29 is 9.53 Å². The molecule has 18 heavy (non-hydrogen) atoms. The number of hydrogen-bond donors (Lipinski definition) is 1. The Morgan fingerprint density at radius 3 is 2.89 bits per heavy atom. The van der Waals surface area contributed by atoms with Gasteiger partial charge in [-0.1, -0.05) is 12.1 Å². The van der Waals surface area contributed by atoms with E-state index in [0.717, 1.165) is 16.9 Å². The van der Waals surface area contributed by atoms with Crippen LogP contribution >= 0.6 is 0 Å². The summed E-state index contributed by atoms with van der Waals surface area (Å²) in [5.41, 5.74) is 9.03. The minimum absolute atomic E-state index is 0.0626. The average Bonchev–Trinajstić information content (AvgIpc) is 2.67. The highest BCUT2D eigenvalue weighted by Gasteiger charge is 2.36. The monoisotopic (exact) mass is 238 g/mol. The Kier molecular flexibility index (Phi) is 1.61. The maximum Gasteiger partial charge on any atom is 0.236 e. The Hall–Kier alpha value is -2.49. The van der Waals surface area contributed by atoms with Gasteiger partial charge in [0.05, 0.1) is 17.8 Å². The van der Waals surface area contributed by atoms with Gasteiger partial charge < -0.3 is 10.5 Å². The molecule has 0 bridgehead atoms. The predicted octanol–water partition coefficient (Wildman–Crippen LogP) is 2.60. The molecule has 4 heteroatoms. The SMILES string of the molecule is Nc1cc2c3c(c1)Oc1ccccc1N3C(=O)C2. The second kappa shape index (κ2) is 3.04. The quantitative estimate of drug-likeness (QED) is 0.718. The van der Waals surface area contributed by atoms with Gasteiger partial charge in [-0.05, 0) is 23.8 Å². The van der Waals surface area contributed by atoms with Crippen LogP contribution < -0.4 is 15.4 Å². The van der Waals surface area contributed by atoms with E-state index in [4.69, 9.17) is 10.5 Å². The highest BCUT2D eigenvalue weighted by atomic mass is 16.5. The Labute approximate surface area is 104 Å². The summed E-state index contributed by atoms with van der Waals surface area (Å²) in [6.07, 6.45) is 0.380. The standard InChI is InChI=1S/C14H10N2O2/c15-9-5-8-6-13(17)16-10-3-1-2-4-11(10)18-12(7-9)14(8)16/h1-5,7H,6,15H2. The molecule has 0 spiro atoms. The van der Waals surface area contributed by atoms with Crippen molar-refractivity contribution in [1.29, 1.82) is 0 Å². The molecule has 0 aliphatic carbocycles. The number of nitrogen functional groups attached to an aromatic ring is 1. The molecule has 88 valence electrons. The first-order valence-corrected chi connectivity index (χ1v) is 5.76. The molecule has 2 N–H and O–H groups in total. The summed E-state index contributed by atoms with van der Waals surface area (Å²) in [7, 11) is 0. The van der Waals surface area contributed by atoms with Crippen LogP contribution in [0.1, 0.15) is 5.56 Å². The van der Waals surface area contributed by atoms with Crippen LogP contribution in [0.3, 0.4) is 0 Å². The highest BCUT2D eigenvalue weighted by Crippen LogP contribution is 2.51. The van der Waals surface area contributed by atoms with Crippen molar-refractivity contribution >= 4 is 23.0 Å². The van der Waals surface area contributed by atoms with Gasteiger partial charge >= 0.3 is 0 Å². The molecule has 0 saturated carbocycles. The fraction of sp³-hybridized carbons (Fsp3) is 0.0714. The molecular formula is C14H10N2O2. The van der Waals surface area contributed by atoms with Crippen molar-refractivity contribution in [1.82, 2.24) is 0 Å². The third-order valence-electron chi connectivity index (χ3n) is 3.32. The van der Waals surface area contributed by atoms with Crippen molar-refractivity contribution in [2.45, 2.75) is 6.42 Å². The molecule has 4 rings (SSSR count). The third kappa shape index (κ3) is 1.07. The lowest BCUT2D eigenvalue weighted by Gasteiger charge is -2.27. The fourth-order valence-corrected chi connectivity index (χ4v) is 2.62. The van der Waals surface area contributed by atoms with E-state index in [9.17, 15) is 4.79 Å². The maximum absolute atomic E-state index is 12.2. The van der Waals surface area contributed by atoms with Crippen LogP contribution in [0, 0.1) is 0 Å². The van der Waals surface area contributed by atoms with Gasteiger partial charge in [0.15, 0.2) is 11.5 Å². The second-order valence-electron chi connectivity index (χ2n) is 4.50. The highest BCUT2D eigenvalue weighted by molar-refractivity contribution is 6.11. The average molecular weight is 238 g/mol.